The van der Waals surface area contributed by atoms with E-state index in [1.165, 1.54) is 38.5 Å². The van der Waals surface area contributed by atoms with Crippen molar-refractivity contribution in [1.29, 1.82) is 0 Å². The van der Waals surface area contributed by atoms with Crippen LogP contribution in [0.25, 0.3) is 10.9 Å². The van der Waals surface area contributed by atoms with E-state index in [0.29, 0.717) is 17.7 Å². The maximum Gasteiger partial charge on any atom is 0.231 e. The predicted molar refractivity (Wildman–Crippen MR) is 153 cm³/mol. The van der Waals surface area contributed by atoms with Gasteiger partial charge in [0.1, 0.15) is 5.75 Å². The molecule has 0 unspecified atom stereocenters. The molecule has 1 aromatic carbocycles. The fraction of sp³-hybridized carbons (Fsp3) is 0.594. The van der Waals surface area contributed by atoms with Gasteiger partial charge in [0.05, 0.1) is 12.6 Å². The van der Waals surface area contributed by atoms with E-state index < -0.39 is 6.37 Å². The Morgan fingerprint density at radius 3 is 2.56 bits per heavy atom. The molecule has 0 saturated carbocycles. The van der Waals surface area contributed by atoms with Crippen molar-refractivity contribution < 1.29 is 12.3 Å². The van der Waals surface area contributed by atoms with Gasteiger partial charge < -0.3 is 10.1 Å². The minimum Gasteiger partial charge on any atom is -0.497 e. The van der Waals surface area contributed by atoms with Gasteiger partial charge in [-0.05, 0) is 88.0 Å². The van der Waals surface area contributed by atoms with Crippen LogP contribution in [0.5, 0.6) is 5.75 Å². The van der Waals surface area contributed by atoms with Crippen molar-refractivity contribution in [2.45, 2.75) is 109 Å². The molecular formula is C32H48N2O2. The van der Waals surface area contributed by atoms with Crippen LogP contribution in [0.1, 0.15) is 110 Å². The lowest BCUT2D eigenvalue weighted by Crippen LogP contribution is -2.23. The van der Waals surface area contributed by atoms with Crippen LogP contribution in [-0.2, 0) is 6.37 Å². The Bertz CT molecular complexity index is 1050. The summed E-state index contributed by atoms with van der Waals surface area (Å²) in [6, 6.07) is 5.34. The summed E-state index contributed by atoms with van der Waals surface area (Å²) in [5.74, 6) is 0.708. The molecule has 1 saturated heterocycles. The van der Waals surface area contributed by atoms with Gasteiger partial charge in [-0.15, -0.1) is 0 Å². The number of carbonyl (C=O) groups excluding carboxylic acids is 1. The van der Waals surface area contributed by atoms with Gasteiger partial charge in [-0.1, -0.05) is 63.3 Å². The second-order valence-corrected chi connectivity index (χ2v) is 9.96. The topological polar surface area (TPSA) is 43.3 Å². The van der Waals surface area contributed by atoms with Crippen LogP contribution >= 0.6 is 0 Å². The zero-order valence-corrected chi connectivity index (χ0v) is 22.6. The molecular weight excluding hydrogens is 444 g/mol. The number of ether oxygens (including phenoxy) is 1. The molecule has 1 aliphatic heterocycles. The Hall–Kier alpha value is -2.33. The molecule has 36 heavy (non-hydrogen) atoms. The van der Waals surface area contributed by atoms with Gasteiger partial charge in [-0.25, -0.2) is 0 Å². The first kappa shape index (κ1) is 25.3. The standard InChI is InChI=1S/C32H48N2O2/c1-3-4-5-6-7-8-9-10-11-12-13-14-15-16-17-20-32(35)34-26-27(24-28-19-18-23-33-28)30-25-29(36-2)21-22-31(30)34/h7-8,10-11,21-22,25-26,28,33H,3-6,9,12-20,23-24H2,1-2H3/b8-7-,11-10-/t28-/m1/s1/i24D2. The van der Waals surface area contributed by atoms with Crippen LogP contribution in [-0.4, -0.2) is 30.2 Å². The van der Waals surface area contributed by atoms with Crippen LogP contribution < -0.4 is 10.1 Å². The second kappa shape index (κ2) is 16.4. The van der Waals surface area contributed by atoms with Gasteiger partial charge in [0, 0.05) is 26.8 Å². The van der Waals surface area contributed by atoms with Gasteiger partial charge in [-0.3, -0.25) is 9.36 Å². The molecule has 4 nitrogen and oxygen atoms in total. The molecule has 0 aliphatic carbocycles. The summed E-state index contributed by atoms with van der Waals surface area (Å²) in [5, 5.41) is 4.06. The van der Waals surface area contributed by atoms with Crippen molar-refractivity contribution in [2.75, 3.05) is 13.7 Å². The van der Waals surface area contributed by atoms with Crippen LogP contribution in [0.3, 0.4) is 0 Å². The van der Waals surface area contributed by atoms with E-state index in [-0.39, 0.29) is 11.9 Å². The summed E-state index contributed by atoms with van der Waals surface area (Å²) in [6.45, 7) is 3.07. The number of benzene rings is 1. The zero-order valence-electron chi connectivity index (χ0n) is 24.6. The Kier molecular flexibility index (Phi) is 11.6. The van der Waals surface area contributed by atoms with Crippen LogP contribution in [0, 0.1) is 0 Å². The van der Waals surface area contributed by atoms with Crippen molar-refractivity contribution >= 4 is 16.8 Å². The van der Waals surface area contributed by atoms with E-state index in [0.717, 1.165) is 62.4 Å². The molecule has 2 heterocycles. The normalized spacial score (nSPS) is 17.3. The van der Waals surface area contributed by atoms with Gasteiger partial charge in [-0.2, -0.15) is 0 Å². The molecule has 198 valence electrons. The number of fused-ring (bicyclic) bond motifs is 1. The Labute approximate surface area is 222 Å². The highest BCUT2D eigenvalue weighted by Gasteiger charge is 2.19. The number of hydrogen-bond acceptors (Lipinski definition) is 3. The fourth-order valence-corrected chi connectivity index (χ4v) is 4.86. The monoisotopic (exact) mass is 494 g/mol. The average molecular weight is 495 g/mol. The highest BCUT2D eigenvalue weighted by molar-refractivity contribution is 5.95. The lowest BCUT2D eigenvalue weighted by atomic mass is 10.0. The van der Waals surface area contributed by atoms with E-state index in [9.17, 15) is 4.79 Å². The molecule has 0 spiro atoms. The third kappa shape index (κ3) is 9.28. The van der Waals surface area contributed by atoms with Gasteiger partial charge in [0.2, 0.25) is 5.91 Å². The van der Waals surface area contributed by atoms with Gasteiger partial charge in [0.25, 0.3) is 0 Å². The number of aromatic nitrogens is 1. The SMILES string of the molecule is [2H]C([2H])(c1cn(C(=O)CCCCCCC/C=C\C/C=C\CCCCC)c2ccc(OC)cc12)[C@H]1CCCN1. The summed E-state index contributed by atoms with van der Waals surface area (Å²) in [7, 11) is 1.61. The van der Waals surface area contributed by atoms with Gasteiger partial charge in [0.15, 0.2) is 0 Å². The smallest absolute Gasteiger partial charge is 0.231 e. The first-order chi connectivity index (χ1) is 18.5. The van der Waals surface area contributed by atoms with E-state index >= 15 is 0 Å². The fourth-order valence-electron chi connectivity index (χ4n) is 4.86. The van der Waals surface area contributed by atoms with E-state index in [1.807, 2.05) is 18.2 Å². The minimum atomic E-state index is -1.56. The first-order valence-corrected chi connectivity index (χ1v) is 14.2. The maximum atomic E-state index is 13.2. The largest absolute Gasteiger partial charge is 0.497 e. The quantitative estimate of drug-likeness (QED) is 0.177. The molecule has 4 heteroatoms. The van der Waals surface area contributed by atoms with Crippen molar-refractivity contribution in [2.24, 2.45) is 0 Å². The number of allylic oxidation sites excluding steroid dienone is 4. The van der Waals surface area contributed by atoms with E-state index in [4.69, 9.17) is 7.48 Å². The molecule has 1 aromatic heterocycles. The summed E-state index contributed by atoms with van der Waals surface area (Å²) in [6.07, 6.45) is 24.3. The lowest BCUT2D eigenvalue weighted by Gasteiger charge is -2.09. The Morgan fingerprint density at radius 2 is 1.83 bits per heavy atom. The van der Waals surface area contributed by atoms with E-state index in [1.54, 1.807) is 17.9 Å². The van der Waals surface area contributed by atoms with Crippen molar-refractivity contribution in [1.82, 2.24) is 9.88 Å². The summed E-state index contributed by atoms with van der Waals surface area (Å²) >= 11 is 0. The van der Waals surface area contributed by atoms with Crippen molar-refractivity contribution in [3.05, 3.63) is 54.3 Å². The number of nitrogens with zero attached hydrogens (tertiary/aromatic N) is 1. The van der Waals surface area contributed by atoms with Crippen molar-refractivity contribution in [3.8, 4) is 5.75 Å². The molecule has 2 aromatic rings. The third-order valence-electron chi connectivity index (χ3n) is 7.01. The molecule has 3 rings (SSSR count). The molecule has 1 atom stereocenters. The number of carbonyl (C=O) groups is 1. The summed E-state index contributed by atoms with van der Waals surface area (Å²) < 4.78 is 24.8. The molecule has 1 fully saturated rings. The average Bonchev–Trinajstić information content (AvgIpc) is 3.60. The number of hydrogen-bond donors (Lipinski definition) is 1. The third-order valence-corrected chi connectivity index (χ3v) is 7.01. The molecule has 0 amide bonds. The Morgan fingerprint density at radius 1 is 1.08 bits per heavy atom. The number of nitrogens with one attached hydrogen (secondary N) is 1. The predicted octanol–water partition coefficient (Wildman–Crippen LogP) is 8.40. The van der Waals surface area contributed by atoms with Gasteiger partial charge >= 0.3 is 0 Å². The molecule has 1 aliphatic rings. The van der Waals surface area contributed by atoms with Crippen LogP contribution in [0.2, 0.25) is 0 Å². The van der Waals surface area contributed by atoms with E-state index in [2.05, 4.69) is 36.5 Å². The highest BCUT2D eigenvalue weighted by atomic mass is 16.5. The molecule has 0 bridgehead atoms. The minimum absolute atomic E-state index is 0.0345. The van der Waals surface area contributed by atoms with Crippen LogP contribution in [0.4, 0.5) is 0 Å². The lowest BCUT2D eigenvalue weighted by molar-refractivity contribution is 0.0904. The first-order valence-electron chi connectivity index (χ1n) is 15.2. The zero-order chi connectivity index (χ0) is 27.2. The number of methoxy groups -OCH3 is 1. The van der Waals surface area contributed by atoms with Crippen molar-refractivity contribution in [3.63, 3.8) is 0 Å². The number of rotatable bonds is 17. The second-order valence-electron chi connectivity index (χ2n) is 9.96. The molecule has 0 radical (unpaired) electrons. The molecule has 1 N–H and O–H groups in total. The highest BCUT2D eigenvalue weighted by Crippen LogP contribution is 2.28. The number of unbranched alkanes of at least 4 members (excludes halogenated alkanes) is 8. The van der Waals surface area contributed by atoms with Crippen LogP contribution in [0.15, 0.2) is 48.7 Å². The summed E-state index contributed by atoms with van der Waals surface area (Å²) in [4.78, 5) is 13.2. The summed E-state index contributed by atoms with van der Waals surface area (Å²) in [5.41, 5.74) is 1.33. The Balaban J connectivity index is 1.44. The maximum absolute atomic E-state index is 13.2.